The van der Waals surface area contributed by atoms with Gasteiger partial charge in [0.1, 0.15) is 11.4 Å². The van der Waals surface area contributed by atoms with Crippen LogP contribution < -0.4 is 9.80 Å². The molecule has 1 aromatic heterocycles. The van der Waals surface area contributed by atoms with Gasteiger partial charge in [0.25, 0.3) is 0 Å². The minimum Gasteiger partial charge on any atom is -0.478 e. The van der Waals surface area contributed by atoms with E-state index in [4.69, 9.17) is 0 Å². The molecule has 2 saturated carbocycles. The summed E-state index contributed by atoms with van der Waals surface area (Å²) in [6, 6.07) is 20.5. The Bertz CT molecular complexity index is 1220. The summed E-state index contributed by atoms with van der Waals surface area (Å²) in [5, 5.41) is 9.57. The van der Waals surface area contributed by atoms with E-state index < -0.39 is 5.97 Å². The van der Waals surface area contributed by atoms with E-state index in [1.165, 1.54) is 37.7 Å². The molecule has 0 saturated heterocycles. The van der Waals surface area contributed by atoms with Crippen LogP contribution >= 0.6 is 0 Å². The highest BCUT2D eigenvalue weighted by atomic mass is 16.4. The molecule has 1 heterocycles. The summed E-state index contributed by atoms with van der Waals surface area (Å²) in [5.41, 5.74) is 4.98. The number of fused-ring (bicyclic) bond motifs is 2. The van der Waals surface area contributed by atoms with Gasteiger partial charge in [-0.3, -0.25) is 0 Å². The predicted molar refractivity (Wildman–Crippen MR) is 147 cm³/mol. The second kappa shape index (κ2) is 9.61. The number of rotatable bonds is 6. The van der Waals surface area contributed by atoms with Crippen molar-refractivity contribution in [2.45, 2.75) is 51.4 Å². The van der Waals surface area contributed by atoms with Gasteiger partial charge < -0.3 is 14.9 Å². The summed E-state index contributed by atoms with van der Waals surface area (Å²) in [7, 11) is 3.93. The standard InChI is InChI=1S/C31H37N3O2/c1-21-15-22-17-23(16-21)20-31(2,19-22)24-10-12-25(13-11-24)33(3)26-7-5-8-27(18-26)34(4)29-28(30(35)36)9-6-14-32-29/h5-14,18,21-23H,15-17,19-20H2,1-4H3,(H,35,36). The van der Waals surface area contributed by atoms with Gasteiger partial charge in [0, 0.05) is 37.4 Å². The molecule has 0 radical (unpaired) electrons. The van der Waals surface area contributed by atoms with E-state index in [9.17, 15) is 9.90 Å². The fourth-order valence-corrected chi connectivity index (χ4v) is 6.93. The predicted octanol–water partition coefficient (Wildman–Crippen LogP) is 7.42. The smallest absolute Gasteiger partial charge is 0.339 e. The molecule has 1 N–H and O–H groups in total. The van der Waals surface area contributed by atoms with Crippen molar-refractivity contribution < 1.29 is 9.90 Å². The number of benzene rings is 2. The van der Waals surface area contributed by atoms with E-state index in [0.717, 1.165) is 34.8 Å². The Hall–Kier alpha value is -3.34. The van der Waals surface area contributed by atoms with Crippen LogP contribution in [0.4, 0.5) is 22.9 Å². The molecule has 2 unspecified atom stereocenters. The molecule has 0 amide bonds. The summed E-state index contributed by atoms with van der Waals surface area (Å²) >= 11 is 0. The maximum Gasteiger partial charge on any atom is 0.339 e. The second-order valence-corrected chi connectivity index (χ2v) is 11.4. The third kappa shape index (κ3) is 4.71. The molecule has 2 aliphatic carbocycles. The minimum absolute atomic E-state index is 0.184. The fraction of sp³-hybridized carbons (Fsp3) is 0.419. The molecule has 36 heavy (non-hydrogen) atoms. The average Bonchev–Trinajstić information content (AvgIpc) is 2.87. The van der Waals surface area contributed by atoms with Gasteiger partial charge in [-0.1, -0.05) is 32.0 Å². The lowest BCUT2D eigenvalue weighted by molar-refractivity contribution is 0.0697. The topological polar surface area (TPSA) is 56.7 Å². The SMILES string of the molecule is CC1CC2CC(C1)CC(C)(c1ccc(N(C)c3cccc(N(C)c4ncccc4C(=O)O)c3)cc1)C2. The monoisotopic (exact) mass is 483 g/mol. The van der Waals surface area contributed by atoms with Crippen molar-refractivity contribution in [1.82, 2.24) is 4.98 Å². The number of aromatic nitrogens is 1. The number of carboxylic acid groups (broad SMARTS) is 1. The minimum atomic E-state index is -0.983. The number of hydrogen-bond donors (Lipinski definition) is 1. The van der Waals surface area contributed by atoms with Crippen molar-refractivity contribution in [1.29, 1.82) is 0 Å². The van der Waals surface area contributed by atoms with Crippen LogP contribution in [-0.2, 0) is 5.41 Å². The van der Waals surface area contributed by atoms with Crippen LogP contribution in [0, 0.1) is 17.8 Å². The molecular formula is C31H37N3O2. The van der Waals surface area contributed by atoms with Gasteiger partial charge in [-0.15, -0.1) is 0 Å². The molecule has 2 atom stereocenters. The van der Waals surface area contributed by atoms with Gasteiger partial charge in [0.2, 0.25) is 0 Å². The molecule has 0 spiro atoms. The first-order chi connectivity index (χ1) is 17.2. The van der Waals surface area contributed by atoms with Crippen molar-refractivity contribution in [3.63, 3.8) is 0 Å². The van der Waals surface area contributed by atoms with Gasteiger partial charge in [0.15, 0.2) is 0 Å². The van der Waals surface area contributed by atoms with Crippen LogP contribution in [-0.4, -0.2) is 30.2 Å². The first-order valence-electron chi connectivity index (χ1n) is 13.1. The molecule has 5 nitrogen and oxygen atoms in total. The van der Waals surface area contributed by atoms with Gasteiger partial charge in [-0.05, 0) is 103 Å². The lowest BCUT2D eigenvalue weighted by atomic mass is 9.57. The van der Waals surface area contributed by atoms with Crippen LogP contribution in [0.3, 0.4) is 0 Å². The van der Waals surface area contributed by atoms with E-state index in [1.807, 2.05) is 24.1 Å². The highest BCUT2D eigenvalue weighted by Crippen LogP contribution is 2.51. The van der Waals surface area contributed by atoms with Crippen LogP contribution in [0.15, 0.2) is 66.9 Å². The molecule has 5 heteroatoms. The number of pyridine rings is 1. The number of hydrogen-bond acceptors (Lipinski definition) is 4. The van der Waals surface area contributed by atoms with Crippen LogP contribution in [0.5, 0.6) is 0 Å². The van der Waals surface area contributed by atoms with E-state index in [0.29, 0.717) is 5.82 Å². The van der Waals surface area contributed by atoms with Crippen molar-refractivity contribution in [3.8, 4) is 0 Å². The second-order valence-electron chi connectivity index (χ2n) is 11.4. The fourth-order valence-electron chi connectivity index (χ4n) is 6.93. The molecule has 2 aromatic carbocycles. The summed E-state index contributed by atoms with van der Waals surface area (Å²) < 4.78 is 0. The molecule has 2 bridgehead atoms. The Morgan fingerprint density at radius 2 is 1.53 bits per heavy atom. The maximum atomic E-state index is 11.7. The third-order valence-electron chi connectivity index (χ3n) is 8.51. The Morgan fingerprint density at radius 1 is 0.889 bits per heavy atom. The number of aromatic carboxylic acids is 1. The van der Waals surface area contributed by atoms with Gasteiger partial charge >= 0.3 is 5.97 Å². The first-order valence-corrected chi connectivity index (χ1v) is 13.1. The first kappa shape index (κ1) is 24.4. The van der Waals surface area contributed by atoms with E-state index in [1.54, 1.807) is 18.3 Å². The maximum absolute atomic E-state index is 11.7. The van der Waals surface area contributed by atoms with Gasteiger partial charge in [-0.25, -0.2) is 9.78 Å². The Kier molecular flexibility index (Phi) is 6.50. The van der Waals surface area contributed by atoms with Crippen molar-refractivity contribution >= 4 is 28.8 Å². The zero-order valence-corrected chi connectivity index (χ0v) is 21.8. The Labute approximate surface area is 214 Å². The summed E-state index contributed by atoms with van der Waals surface area (Å²) in [6.07, 6.45) is 8.45. The highest BCUT2D eigenvalue weighted by molar-refractivity contribution is 5.94. The molecular weight excluding hydrogens is 446 g/mol. The Balaban J connectivity index is 1.35. The van der Waals surface area contributed by atoms with E-state index >= 15 is 0 Å². The number of carboxylic acids is 1. The molecule has 3 aromatic rings. The summed E-state index contributed by atoms with van der Waals surface area (Å²) in [6.45, 7) is 4.91. The zero-order chi connectivity index (χ0) is 25.4. The molecule has 2 aliphatic rings. The summed E-state index contributed by atoms with van der Waals surface area (Å²) in [5.74, 6) is 2.08. The van der Waals surface area contributed by atoms with Crippen LogP contribution in [0.1, 0.15) is 61.9 Å². The molecule has 188 valence electrons. The van der Waals surface area contributed by atoms with E-state index in [-0.39, 0.29) is 11.0 Å². The van der Waals surface area contributed by atoms with Gasteiger partial charge in [0.05, 0.1) is 0 Å². The number of carbonyl (C=O) groups is 1. The van der Waals surface area contributed by atoms with Crippen LogP contribution in [0.25, 0.3) is 0 Å². The normalized spacial score (nSPS) is 25.3. The average molecular weight is 484 g/mol. The van der Waals surface area contributed by atoms with Crippen molar-refractivity contribution in [3.05, 3.63) is 78.0 Å². The highest BCUT2D eigenvalue weighted by Gasteiger charge is 2.41. The molecule has 0 aliphatic heterocycles. The number of nitrogens with zero attached hydrogens (tertiary/aromatic N) is 3. The van der Waals surface area contributed by atoms with Crippen molar-refractivity contribution in [2.75, 3.05) is 23.9 Å². The van der Waals surface area contributed by atoms with Crippen molar-refractivity contribution in [2.24, 2.45) is 17.8 Å². The quantitative estimate of drug-likeness (QED) is 0.395. The molecule has 2 fully saturated rings. The zero-order valence-electron chi connectivity index (χ0n) is 21.8. The Morgan fingerprint density at radius 3 is 2.17 bits per heavy atom. The number of anilines is 4. The molecule has 5 rings (SSSR count). The lowest BCUT2D eigenvalue weighted by Gasteiger charge is -2.47. The largest absolute Gasteiger partial charge is 0.478 e. The van der Waals surface area contributed by atoms with E-state index in [2.05, 4.69) is 67.2 Å². The van der Waals surface area contributed by atoms with Crippen LogP contribution in [0.2, 0.25) is 0 Å². The summed E-state index contributed by atoms with van der Waals surface area (Å²) in [4.78, 5) is 20.0. The van der Waals surface area contributed by atoms with Gasteiger partial charge in [-0.2, -0.15) is 0 Å². The third-order valence-corrected chi connectivity index (χ3v) is 8.51. The lowest BCUT2D eigenvalue weighted by Crippen LogP contribution is -2.38.